The molecule has 0 aliphatic rings. The van der Waals surface area contributed by atoms with Crippen molar-refractivity contribution in [3.63, 3.8) is 0 Å². The lowest BCUT2D eigenvalue weighted by atomic mass is 10.1. The van der Waals surface area contributed by atoms with Crippen molar-refractivity contribution in [1.29, 1.82) is 0 Å². The average molecular weight is 279 g/mol. The number of para-hydroxylation sites is 1. The Bertz CT molecular complexity index is 825. The first kappa shape index (κ1) is 13.2. The van der Waals surface area contributed by atoms with Crippen LogP contribution >= 0.6 is 0 Å². The molecule has 0 aliphatic heterocycles. The van der Waals surface area contributed by atoms with E-state index in [2.05, 4.69) is 15.0 Å². The number of pyridine rings is 1. The van der Waals surface area contributed by atoms with Gasteiger partial charge in [-0.15, -0.1) is 0 Å². The van der Waals surface area contributed by atoms with Gasteiger partial charge in [0, 0.05) is 22.8 Å². The summed E-state index contributed by atoms with van der Waals surface area (Å²) in [6.07, 6.45) is 1.73. The third-order valence-electron chi connectivity index (χ3n) is 3.12. The van der Waals surface area contributed by atoms with E-state index >= 15 is 0 Å². The molecule has 3 rings (SSSR count). The van der Waals surface area contributed by atoms with Crippen LogP contribution in [0.15, 0.2) is 42.6 Å². The van der Waals surface area contributed by atoms with Crippen molar-refractivity contribution in [1.82, 2.24) is 15.0 Å². The van der Waals surface area contributed by atoms with Crippen molar-refractivity contribution in [3.8, 4) is 11.4 Å². The molecule has 0 saturated carbocycles. The van der Waals surface area contributed by atoms with E-state index in [9.17, 15) is 4.79 Å². The summed E-state index contributed by atoms with van der Waals surface area (Å²) in [6.45, 7) is 1.82. The monoisotopic (exact) mass is 279 g/mol. The van der Waals surface area contributed by atoms with Crippen LogP contribution in [0.5, 0.6) is 0 Å². The minimum absolute atomic E-state index is 0.243. The molecular formula is C16H13N3O2. The Kier molecular flexibility index (Phi) is 3.31. The molecule has 1 aromatic carbocycles. The lowest BCUT2D eigenvalue weighted by molar-refractivity contribution is 0.0594. The van der Waals surface area contributed by atoms with Gasteiger partial charge < -0.3 is 4.74 Å². The summed E-state index contributed by atoms with van der Waals surface area (Å²) in [5, 5.41) is 1.000. The van der Waals surface area contributed by atoms with Gasteiger partial charge in [-0.2, -0.15) is 0 Å². The summed E-state index contributed by atoms with van der Waals surface area (Å²) in [5.41, 5.74) is 2.55. The average Bonchev–Trinajstić information content (AvgIpc) is 2.53. The first-order valence-corrected chi connectivity index (χ1v) is 6.47. The van der Waals surface area contributed by atoms with Gasteiger partial charge in [0.15, 0.2) is 11.5 Å². The standard InChI is InChI=1S/C16H13N3O2/c1-10-9-13(16(20)21-2)19-15(18-10)12-7-3-5-11-6-4-8-17-14(11)12/h3-9H,1-2H3. The number of aromatic nitrogens is 3. The first-order chi connectivity index (χ1) is 10.2. The van der Waals surface area contributed by atoms with Crippen LogP contribution in [0.1, 0.15) is 16.2 Å². The molecule has 21 heavy (non-hydrogen) atoms. The van der Waals surface area contributed by atoms with E-state index in [1.165, 1.54) is 7.11 Å². The fourth-order valence-corrected chi connectivity index (χ4v) is 2.18. The minimum Gasteiger partial charge on any atom is -0.464 e. The summed E-state index contributed by atoms with van der Waals surface area (Å²) in [4.78, 5) is 24.8. The summed E-state index contributed by atoms with van der Waals surface area (Å²) >= 11 is 0. The molecule has 5 heteroatoms. The number of methoxy groups -OCH3 is 1. The normalized spacial score (nSPS) is 10.6. The van der Waals surface area contributed by atoms with E-state index in [4.69, 9.17) is 4.74 Å². The summed E-state index contributed by atoms with van der Waals surface area (Å²) in [5.74, 6) is -0.00496. The van der Waals surface area contributed by atoms with Gasteiger partial charge in [0.05, 0.1) is 12.6 Å². The molecule has 0 amide bonds. The number of fused-ring (bicyclic) bond motifs is 1. The highest BCUT2D eigenvalue weighted by atomic mass is 16.5. The fraction of sp³-hybridized carbons (Fsp3) is 0.125. The summed E-state index contributed by atoms with van der Waals surface area (Å²) < 4.78 is 4.72. The molecule has 0 spiro atoms. The van der Waals surface area contributed by atoms with Crippen molar-refractivity contribution in [2.45, 2.75) is 6.92 Å². The molecule has 2 aromatic heterocycles. The summed E-state index contributed by atoms with van der Waals surface area (Å²) in [6, 6.07) is 11.2. The lowest BCUT2D eigenvalue weighted by Gasteiger charge is -2.07. The van der Waals surface area contributed by atoms with Crippen LogP contribution in [-0.2, 0) is 4.74 Å². The van der Waals surface area contributed by atoms with Crippen molar-refractivity contribution >= 4 is 16.9 Å². The number of nitrogens with zero attached hydrogens (tertiary/aromatic N) is 3. The van der Waals surface area contributed by atoms with Gasteiger partial charge in [-0.1, -0.05) is 18.2 Å². The van der Waals surface area contributed by atoms with Crippen LogP contribution < -0.4 is 0 Å². The van der Waals surface area contributed by atoms with Crippen LogP contribution in [0, 0.1) is 6.92 Å². The van der Waals surface area contributed by atoms with Crippen molar-refractivity contribution in [3.05, 3.63) is 54.0 Å². The Morgan fingerprint density at radius 1 is 1.14 bits per heavy atom. The highest BCUT2D eigenvalue weighted by Gasteiger charge is 2.13. The second-order valence-corrected chi connectivity index (χ2v) is 4.59. The number of ether oxygens (including phenoxy) is 1. The van der Waals surface area contributed by atoms with E-state index in [1.807, 2.05) is 37.3 Å². The molecule has 5 nitrogen and oxygen atoms in total. The second kappa shape index (κ2) is 5.28. The maximum atomic E-state index is 11.7. The predicted molar refractivity (Wildman–Crippen MR) is 78.8 cm³/mol. The molecule has 3 aromatic rings. The Morgan fingerprint density at radius 3 is 2.76 bits per heavy atom. The molecule has 0 bridgehead atoms. The van der Waals surface area contributed by atoms with Gasteiger partial charge in [-0.25, -0.2) is 14.8 Å². The molecule has 2 heterocycles. The maximum absolute atomic E-state index is 11.7. The molecule has 0 atom stereocenters. The molecular weight excluding hydrogens is 266 g/mol. The van der Waals surface area contributed by atoms with E-state index < -0.39 is 5.97 Å². The topological polar surface area (TPSA) is 65.0 Å². The van der Waals surface area contributed by atoms with Crippen molar-refractivity contribution in [2.75, 3.05) is 7.11 Å². The second-order valence-electron chi connectivity index (χ2n) is 4.59. The van der Waals surface area contributed by atoms with Crippen molar-refractivity contribution < 1.29 is 9.53 Å². The zero-order valence-corrected chi connectivity index (χ0v) is 11.7. The zero-order valence-electron chi connectivity index (χ0n) is 11.7. The molecule has 0 N–H and O–H groups in total. The van der Waals surface area contributed by atoms with Gasteiger partial charge in [0.1, 0.15) is 0 Å². The van der Waals surface area contributed by atoms with E-state index in [-0.39, 0.29) is 5.69 Å². The van der Waals surface area contributed by atoms with Crippen molar-refractivity contribution in [2.24, 2.45) is 0 Å². The number of hydrogen-bond acceptors (Lipinski definition) is 5. The number of aryl methyl sites for hydroxylation is 1. The fourth-order valence-electron chi connectivity index (χ4n) is 2.18. The minimum atomic E-state index is -0.477. The molecule has 0 radical (unpaired) electrons. The van der Waals surface area contributed by atoms with Gasteiger partial charge in [0.25, 0.3) is 0 Å². The molecule has 0 aliphatic carbocycles. The Morgan fingerprint density at radius 2 is 1.95 bits per heavy atom. The van der Waals surface area contributed by atoms with Gasteiger partial charge in [0.2, 0.25) is 0 Å². The quantitative estimate of drug-likeness (QED) is 0.675. The number of rotatable bonds is 2. The highest BCUT2D eigenvalue weighted by molar-refractivity contribution is 5.93. The largest absolute Gasteiger partial charge is 0.464 e. The number of benzene rings is 1. The van der Waals surface area contributed by atoms with Gasteiger partial charge in [-0.3, -0.25) is 4.98 Å². The molecule has 104 valence electrons. The summed E-state index contributed by atoms with van der Waals surface area (Å²) in [7, 11) is 1.33. The van der Waals surface area contributed by atoms with Crippen LogP contribution in [0.3, 0.4) is 0 Å². The van der Waals surface area contributed by atoms with Gasteiger partial charge in [-0.05, 0) is 25.1 Å². The first-order valence-electron chi connectivity index (χ1n) is 6.47. The third-order valence-corrected chi connectivity index (χ3v) is 3.12. The molecule has 0 unspecified atom stereocenters. The predicted octanol–water partition coefficient (Wildman–Crippen LogP) is 2.79. The number of carbonyl (C=O) groups excluding carboxylic acids is 1. The van der Waals surface area contributed by atoms with E-state index in [0.29, 0.717) is 11.5 Å². The smallest absolute Gasteiger partial charge is 0.356 e. The molecule has 0 saturated heterocycles. The third kappa shape index (κ3) is 2.45. The maximum Gasteiger partial charge on any atom is 0.356 e. The van der Waals surface area contributed by atoms with Crippen LogP contribution in [0.2, 0.25) is 0 Å². The van der Waals surface area contributed by atoms with Crippen LogP contribution in [-0.4, -0.2) is 28.0 Å². The van der Waals surface area contributed by atoms with E-state index in [1.54, 1.807) is 12.3 Å². The zero-order chi connectivity index (χ0) is 14.8. The molecule has 0 fully saturated rings. The van der Waals surface area contributed by atoms with E-state index in [0.717, 1.165) is 16.5 Å². The van der Waals surface area contributed by atoms with Crippen LogP contribution in [0.25, 0.3) is 22.3 Å². The highest BCUT2D eigenvalue weighted by Crippen LogP contribution is 2.24. The Balaban J connectivity index is 2.23. The number of carbonyl (C=O) groups is 1. The van der Waals surface area contributed by atoms with Gasteiger partial charge >= 0.3 is 5.97 Å². The Hall–Kier alpha value is -2.82. The van der Waals surface area contributed by atoms with Crippen LogP contribution in [0.4, 0.5) is 0 Å². The Labute approximate surface area is 121 Å². The number of hydrogen-bond donors (Lipinski definition) is 0. The lowest BCUT2D eigenvalue weighted by Crippen LogP contribution is -2.07. The number of esters is 1. The SMILES string of the molecule is COC(=O)c1cc(C)nc(-c2cccc3cccnc23)n1.